The van der Waals surface area contributed by atoms with Crippen LogP contribution in [-0.4, -0.2) is 29.6 Å². The van der Waals surface area contributed by atoms with E-state index in [-0.39, 0.29) is 6.42 Å². The Morgan fingerprint density at radius 3 is 2.36 bits per heavy atom. The molecule has 0 saturated heterocycles. The van der Waals surface area contributed by atoms with Gasteiger partial charge in [-0.1, -0.05) is 43.7 Å². The van der Waals surface area contributed by atoms with Gasteiger partial charge in [0.25, 0.3) is 5.91 Å². The number of carbonyl (C=O) groups excluding carboxylic acids is 1. The Kier molecular flexibility index (Phi) is 7.01. The van der Waals surface area contributed by atoms with Crippen molar-refractivity contribution >= 4 is 11.9 Å². The van der Waals surface area contributed by atoms with Crippen molar-refractivity contribution in [1.82, 2.24) is 5.32 Å². The van der Waals surface area contributed by atoms with Crippen molar-refractivity contribution < 1.29 is 19.4 Å². The highest BCUT2D eigenvalue weighted by Gasteiger charge is 2.21. The lowest BCUT2D eigenvalue weighted by molar-refractivity contribution is -0.139. The van der Waals surface area contributed by atoms with Crippen LogP contribution in [0.1, 0.15) is 35.7 Å². The summed E-state index contributed by atoms with van der Waals surface area (Å²) in [5, 5.41) is 11.9. The van der Waals surface area contributed by atoms with Gasteiger partial charge < -0.3 is 15.2 Å². The Labute approximate surface area is 147 Å². The molecule has 0 fully saturated rings. The third-order valence-electron chi connectivity index (χ3n) is 3.77. The van der Waals surface area contributed by atoms with Gasteiger partial charge in [0.05, 0.1) is 6.61 Å². The normalized spacial score (nSPS) is 11.6. The molecule has 0 aliphatic rings. The number of benzene rings is 2. The predicted molar refractivity (Wildman–Crippen MR) is 95.9 cm³/mol. The zero-order valence-electron chi connectivity index (χ0n) is 14.3. The molecule has 1 unspecified atom stereocenters. The van der Waals surface area contributed by atoms with E-state index in [0.29, 0.717) is 17.9 Å². The van der Waals surface area contributed by atoms with Gasteiger partial charge in [0.2, 0.25) is 0 Å². The van der Waals surface area contributed by atoms with Gasteiger partial charge in [-0.3, -0.25) is 4.79 Å². The Balaban J connectivity index is 1.97. The van der Waals surface area contributed by atoms with E-state index in [1.165, 1.54) is 0 Å². The molecule has 1 amide bonds. The van der Waals surface area contributed by atoms with Crippen LogP contribution < -0.4 is 10.1 Å². The minimum atomic E-state index is -1.06. The largest absolute Gasteiger partial charge is 0.494 e. The predicted octanol–water partition coefficient (Wildman–Crippen LogP) is 3.29. The van der Waals surface area contributed by atoms with E-state index >= 15 is 0 Å². The Hall–Kier alpha value is -2.82. The minimum absolute atomic E-state index is 0.236. The summed E-state index contributed by atoms with van der Waals surface area (Å²) >= 11 is 0. The summed E-state index contributed by atoms with van der Waals surface area (Å²) in [6.45, 7) is 2.73. The summed E-state index contributed by atoms with van der Waals surface area (Å²) < 4.78 is 5.55. The van der Waals surface area contributed by atoms with Crippen molar-refractivity contribution in [2.75, 3.05) is 6.61 Å². The second-order valence-corrected chi connectivity index (χ2v) is 5.78. The van der Waals surface area contributed by atoms with Crippen LogP contribution in [0.2, 0.25) is 0 Å². The molecule has 2 rings (SSSR count). The number of unbranched alkanes of at least 4 members (excludes halogenated alkanes) is 1. The second kappa shape index (κ2) is 9.47. The number of carbonyl (C=O) groups is 2. The Bertz CT molecular complexity index is 683. The molecule has 0 aliphatic heterocycles. The van der Waals surface area contributed by atoms with Gasteiger partial charge in [0, 0.05) is 12.0 Å². The summed E-state index contributed by atoms with van der Waals surface area (Å²) in [6, 6.07) is 15.0. The smallest absolute Gasteiger partial charge is 0.326 e. The highest BCUT2D eigenvalue weighted by atomic mass is 16.5. The van der Waals surface area contributed by atoms with Crippen LogP contribution in [-0.2, 0) is 11.2 Å². The molecule has 1 atom stereocenters. The lowest BCUT2D eigenvalue weighted by Crippen LogP contribution is -2.42. The first kappa shape index (κ1) is 18.5. The van der Waals surface area contributed by atoms with Gasteiger partial charge in [-0.25, -0.2) is 4.79 Å². The monoisotopic (exact) mass is 341 g/mol. The van der Waals surface area contributed by atoms with E-state index in [1.54, 1.807) is 24.3 Å². The van der Waals surface area contributed by atoms with E-state index in [2.05, 4.69) is 12.2 Å². The van der Waals surface area contributed by atoms with Crippen molar-refractivity contribution in [1.29, 1.82) is 0 Å². The number of hydrogen-bond acceptors (Lipinski definition) is 3. The third kappa shape index (κ3) is 5.95. The molecule has 2 aromatic carbocycles. The highest BCUT2D eigenvalue weighted by molar-refractivity contribution is 5.96. The molecule has 25 heavy (non-hydrogen) atoms. The Morgan fingerprint density at radius 2 is 1.76 bits per heavy atom. The third-order valence-corrected chi connectivity index (χ3v) is 3.77. The maximum absolute atomic E-state index is 12.3. The molecular formula is C20H23NO4. The lowest BCUT2D eigenvalue weighted by atomic mass is 10.1. The maximum Gasteiger partial charge on any atom is 0.326 e. The fourth-order valence-corrected chi connectivity index (χ4v) is 2.33. The zero-order valence-corrected chi connectivity index (χ0v) is 14.3. The van der Waals surface area contributed by atoms with Gasteiger partial charge in [-0.05, 0) is 36.2 Å². The number of nitrogens with one attached hydrogen (secondary N) is 1. The fraction of sp³-hybridized carbons (Fsp3) is 0.300. The van der Waals surface area contributed by atoms with Crippen LogP contribution in [0.15, 0.2) is 54.6 Å². The number of carboxylic acids is 1. The van der Waals surface area contributed by atoms with Crippen LogP contribution in [0.4, 0.5) is 0 Å². The van der Waals surface area contributed by atoms with Gasteiger partial charge in [-0.2, -0.15) is 0 Å². The number of rotatable bonds is 9. The van der Waals surface area contributed by atoms with Gasteiger partial charge >= 0.3 is 5.97 Å². The maximum atomic E-state index is 12.3. The van der Waals surface area contributed by atoms with Crippen LogP contribution in [0.5, 0.6) is 5.75 Å². The summed E-state index contributed by atoms with van der Waals surface area (Å²) in [5.41, 5.74) is 1.26. The molecule has 0 bridgehead atoms. The molecule has 0 aromatic heterocycles. The molecule has 0 spiro atoms. The number of hydrogen-bond donors (Lipinski definition) is 2. The molecule has 5 nitrogen and oxygen atoms in total. The van der Waals surface area contributed by atoms with E-state index in [9.17, 15) is 14.7 Å². The van der Waals surface area contributed by atoms with E-state index in [1.807, 2.05) is 30.3 Å². The van der Waals surface area contributed by atoms with Gasteiger partial charge in [-0.15, -0.1) is 0 Å². The summed E-state index contributed by atoms with van der Waals surface area (Å²) in [6.07, 6.45) is 2.26. The molecule has 132 valence electrons. The number of ether oxygens (including phenoxy) is 1. The van der Waals surface area contributed by atoms with Crippen LogP contribution in [0.3, 0.4) is 0 Å². The molecule has 0 radical (unpaired) electrons. The van der Waals surface area contributed by atoms with Crippen molar-refractivity contribution in [3.05, 3.63) is 65.7 Å². The van der Waals surface area contributed by atoms with E-state index in [4.69, 9.17) is 4.74 Å². The van der Waals surface area contributed by atoms with Crippen molar-refractivity contribution in [3.63, 3.8) is 0 Å². The first-order valence-electron chi connectivity index (χ1n) is 8.40. The first-order valence-corrected chi connectivity index (χ1v) is 8.40. The average Bonchev–Trinajstić information content (AvgIpc) is 2.62. The molecule has 2 aromatic rings. The highest BCUT2D eigenvalue weighted by Crippen LogP contribution is 2.13. The van der Waals surface area contributed by atoms with Crippen LogP contribution in [0.25, 0.3) is 0 Å². The van der Waals surface area contributed by atoms with E-state index in [0.717, 1.165) is 18.4 Å². The molecule has 0 heterocycles. The first-order chi connectivity index (χ1) is 12.1. The number of carboxylic acid groups (broad SMARTS) is 1. The second-order valence-electron chi connectivity index (χ2n) is 5.78. The van der Waals surface area contributed by atoms with Crippen molar-refractivity contribution in [3.8, 4) is 5.75 Å². The SMILES string of the molecule is CCCCOc1ccc(C(=O)NC(Cc2ccccc2)C(=O)O)cc1. The minimum Gasteiger partial charge on any atom is -0.494 e. The lowest BCUT2D eigenvalue weighted by Gasteiger charge is -2.15. The molecule has 0 aliphatic carbocycles. The average molecular weight is 341 g/mol. The van der Waals surface area contributed by atoms with E-state index < -0.39 is 17.9 Å². The summed E-state index contributed by atoms with van der Waals surface area (Å²) in [7, 11) is 0. The molecule has 5 heteroatoms. The number of amides is 1. The van der Waals surface area contributed by atoms with Crippen molar-refractivity contribution in [2.45, 2.75) is 32.2 Å². The standard InChI is InChI=1S/C20H23NO4/c1-2-3-13-25-17-11-9-16(10-12-17)19(22)21-18(20(23)24)14-15-7-5-4-6-8-15/h4-12,18H,2-3,13-14H2,1H3,(H,21,22)(H,23,24). The van der Waals surface area contributed by atoms with Crippen molar-refractivity contribution in [2.24, 2.45) is 0 Å². The van der Waals surface area contributed by atoms with Crippen LogP contribution in [0, 0.1) is 0 Å². The van der Waals surface area contributed by atoms with Gasteiger partial charge in [0.15, 0.2) is 0 Å². The summed E-state index contributed by atoms with van der Waals surface area (Å²) in [5.74, 6) is -0.774. The fourth-order valence-electron chi connectivity index (χ4n) is 2.33. The number of aliphatic carboxylic acids is 1. The molecule has 0 saturated carbocycles. The Morgan fingerprint density at radius 1 is 1.08 bits per heavy atom. The molecule has 2 N–H and O–H groups in total. The zero-order chi connectivity index (χ0) is 18.1. The van der Waals surface area contributed by atoms with Crippen LogP contribution >= 0.6 is 0 Å². The van der Waals surface area contributed by atoms with Gasteiger partial charge in [0.1, 0.15) is 11.8 Å². The molecular weight excluding hydrogens is 318 g/mol. The topological polar surface area (TPSA) is 75.6 Å². The quantitative estimate of drug-likeness (QED) is 0.686. The summed E-state index contributed by atoms with van der Waals surface area (Å²) in [4.78, 5) is 23.7.